The zero-order valence-electron chi connectivity index (χ0n) is 10.0. The highest BCUT2D eigenvalue weighted by atomic mass is 79.9. The first kappa shape index (κ1) is 12.3. The van der Waals surface area contributed by atoms with Crippen molar-refractivity contribution in [1.29, 1.82) is 0 Å². The van der Waals surface area contributed by atoms with Gasteiger partial charge >= 0.3 is 0 Å². The molecule has 0 saturated carbocycles. The second-order valence-electron chi connectivity index (χ2n) is 4.10. The maximum atomic E-state index is 5.95. The van der Waals surface area contributed by atoms with Gasteiger partial charge in [0, 0.05) is 10.5 Å². The lowest BCUT2D eigenvalue weighted by molar-refractivity contribution is 0.749. The lowest BCUT2D eigenvalue weighted by Crippen LogP contribution is -2.11. The highest BCUT2D eigenvalue weighted by molar-refractivity contribution is 9.10. The van der Waals surface area contributed by atoms with E-state index in [4.69, 9.17) is 5.73 Å². The van der Waals surface area contributed by atoms with E-state index in [1.54, 1.807) is 0 Å². The fourth-order valence-electron chi connectivity index (χ4n) is 1.92. The van der Waals surface area contributed by atoms with Crippen LogP contribution < -0.4 is 5.73 Å². The zero-order valence-corrected chi connectivity index (χ0v) is 11.6. The van der Waals surface area contributed by atoms with E-state index in [9.17, 15) is 0 Å². The summed E-state index contributed by atoms with van der Waals surface area (Å²) < 4.78 is 3.16. The Morgan fingerprint density at radius 2 is 2.24 bits per heavy atom. The molecule has 0 aliphatic rings. The summed E-state index contributed by atoms with van der Waals surface area (Å²) in [4.78, 5) is 4.19. The van der Waals surface area contributed by atoms with Crippen molar-refractivity contribution in [1.82, 2.24) is 9.55 Å². The fraction of sp³-hybridized carbons (Fsp3) is 0.308. The van der Waals surface area contributed by atoms with Gasteiger partial charge in [0.1, 0.15) is 0 Å². The van der Waals surface area contributed by atoms with Gasteiger partial charge in [-0.25, -0.2) is 4.98 Å². The summed E-state index contributed by atoms with van der Waals surface area (Å²) in [6, 6.07) is 6.25. The van der Waals surface area contributed by atoms with E-state index in [0.29, 0.717) is 0 Å². The Balaban J connectivity index is 2.56. The summed E-state index contributed by atoms with van der Waals surface area (Å²) in [6.45, 7) is 4.12. The van der Waals surface area contributed by atoms with Gasteiger partial charge in [0.25, 0.3) is 0 Å². The highest BCUT2D eigenvalue weighted by Gasteiger charge is 2.11. The van der Waals surface area contributed by atoms with Crippen LogP contribution >= 0.6 is 15.9 Å². The van der Waals surface area contributed by atoms with Crippen molar-refractivity contribution in [2.45, 2.75) is 26.3 Å². The lowest BCUT2D eigenvalue weighted by atomic mass is 10.1. The molecule has 0 aliphatic carbocycles. The number of nitrogens with two attached hydrogens (primary N) is 1. The third-order valence-electron chi connectivity index (χ3n) is 2.82. The van der Waals surface area contributed by atoms with Crippen molar-refractivity contribution in [2.24, 2.45) is 5.73 Å². The average Bonchev–Trinajstić information content (AvgIpc) is 2.77. The van der Waals surface area contributed by atoms with Gasteiger partial charge in [0.2, 0.25) is 0 Å². The molecule has 1 atom stereocenters. The largest absolute Gasteiger partial charge is 0.323 e. The van der Waals surface area contributed by atoms with Crippen LogP contribution in [0.25, 0.3) is 5.69 Å². The van der Waals surface area contributed by atoms with Gasteiger partial charge in [0.15, 0.2) is 0 Å². The van der Waals surface area contributed by atoms with Crippen LogP contribution in [0.15, 0.2) is 35.2 Å². The number of imidazole rings is 1. The van der Waals surface area contributed by atoms with Crippen molar-refractivity contribution in [2.75, 3.05) is 0 Å². The molecule has 2 aromatic rings. The van der Waals surface area contributed by atoms with E-state index in [-0.39, 0.29) is 6.04 Å². The molecular weight excluding hydrogens is 278 g/mol. The van der Waals surface area contributed by atoms with Crippen LogP contribution in [0, 0.1) is 0 Å². The standard InChI is InChI=1S/C13H16BrN3/c1-3-10-6-11(14)4-5-12(10)17-8-16-7-13(17)9(2)15/h4-9H,3,15H2,1-2H3/t9-/m1/s1. The lowest BCUT2D eigenvalue weighted by Gasteiger charge is -2.14. The molecule has 4 heteroatoms. The molecule has 90 valence electrons. The van der Waals surface area contributed by atoms with E-state index >= 15 is 0 Å². The van der Waals surface area contributed by atoms with Crippen molar-refractivity contribution >= 4 is 15.9 Å². The normalized spacial score (nSPS) is 12.7. The predicted molar refractivity (Wildman–Crippen MR) is 73.2 cm³/mol. The Labute approximate surface area is 110 Å². The maximum Gasteiger partial charge on any atom is 0.0994 e. The minimum Gasteiger partial charge on any atom is -0.323 e. The Bertz CT molecular complexity index is 517. The van der Waals surface area contributed by atoms with Crippen LogP contribution in [-0.4, -0.2) is 9.55 Å². The zero-order chi connectivity index (χ0) is 12.4. The molecule has 1 aromatic carbocycles. The Morgan fingerprint density at radius 1 is 1.47 bits per heavy atom. The molecule has 0 spiro atoms. The molecule has 0 fully saturated rings. The summed E-state index contributed by atoms with van der Waals surface area (Å²) >= 11 is 3.50. The third kappa shape index (κ3) is 2.42. The van der Waals surface area contributed by atoms with E-state index in [1.165, 1.54) is 5.56 Å². The molecule has 0 aliphatic heterocycles. The molecule has 1 heterocycles. The van der Waals surface area contributed by atoms with E-state index in [2.05, 4.69) is 44.5 Å². The van der Waals surface area contributed by atoms with Gasteiger partial charge in [0.05, 0.1) is 23.9 Å². The van der Waals surface area contributed by atoms with Gasteiger partial charge < -0.3 is 10.3 Å². The van der Waals surface area contributed by atoms with Crippen molar-refractivity contribution in [3.05, 3.63) is 46.5 Å². The second-order valence-corrected chi connectivity index (χ2v) is 5.02. The van der Waals surface area contributed by atoms with E-state index in [1.807, 2.05) is 25.5 Å². The average molecular weight is 294 g/mol. The summed E-state index contributed by atoms with van der Waals surface area (Å²) in [7, 11) is 0. The Kier molecular flexibility index (Phi) is 3.64. The van der Waals surface area contributed by atoms with Gasteiger partial charge in [-0.3, -0.25) is 0 Å². The van der Waals surface area contributed by atoms with Crippen molar-refractivity contribution in [3.63, 3.8) is 0 Å². The Morgan fingerprint density at radius 3 is 2.88 bits per heavy atom. The Hall–Kier alpha value is -1.13. The number of rotatable bonds is 3. The van der Waals surface area contributed by atoms with Crippen LogP contribution in [0.1, 0.15) is 31.1 Å². The number of nitrogens with zero attached hydrogens (tertiary/aromatic N) is 2. The van der Waals surface area contributed by atoms with Gasteiger partial charge in [-0.2, -0.15) is 0 Å². The molecule has 0 bridgehead atoms. The van der Waals surface area contributed by atoms with E-state index in [0.717, 1.165) is 22.3 Å². The van der Waals surface area contributed by atoms with Crippen molar-refractivity contribution in [3.8, 4) is 5.69 Å². The maximum absolute atomic E-state index is 5.95. The SMILES string of the molecule is CCc1cc(Br)ccc1-n1cncc1[C@@H](C)N. The van der Waals surface area contributed by atoms with Crippen LogP contribution in [0.3, 0.4) is 0 Å². The summed E-state index contributed by atoms with van der Waals surface area (Å²) in [6.07, 6.45) is 4.62. The number of hydrogen-bond acceptors (Lipinski definition) is 2. The smallest absolute Gasteiger partial charge is 0.0994 e. The van der Waals surface area contributed by atoms with E-state index < -0.39 is 0 Å². The van der Waals surface area contributed by atoms with Gasteiger partial charge in [-0.05, 0) is 37.1 Å². The van der Waals surface area contributed by atoms with Crippen molar-refractivity contribution < 1.29 is 0 Å². The highest BCUT2D eigenvalue weighted by Crippen LogP contribution is 2.23. The first-order valence-electron chi connectivity index (χ1n) is 5.70. The summed E-state index contributed by atoms with van der Waals surface area (Å²) in [5, 5.41) is 0. The summed E-state index contributed by atoms with van der Waals surface area (Å²) in [5.41, 5.74) is 9.41. The molecule has 2 N–H and O–H groups in total. The van der Waals surface area contributed by atoms with Gasteiger partial charge in [-0.15, -0.1) is 0 Å². The minimum absolute atomic E-state index is 0.0224. The monoisotopic (exact) mass is 293 g/mol. The third-order valence-corrected chi connectivity index (χ3v) is 3.31. The number of aryl methyl sites for hydroxylation is 1. The van der Waals surface area contributed by atoms with Gasteiger partial charge in [-0.1, -0.05) is 22.9 Å². The fourth-order valence-corrected chi connectivity index (χ4v) is 2.32. The molecule has 2 rings (SSSR count). The molecule has 17 heavy (non-hydrogen) atoms. The molecule has 3 nitrogen and oxygen atoms in total. The van der Waals surface area contributed by atoms with Crippen LogP contribution in [0.2, 0.25) is 0 Å². The molecule has 0 unspecified atom stereocenters. The van der Waals surface area contributed by atoms with Crippen LogP contribution in [0.5, 0.6) is 0 Å². The first-order chi connectivity index (χ1) is 8.13. The number of halogens is 1. The minimum atomic E-state index is -0.0224. The number of aromatic nitrogens is 2. The predicted octanol–water partition coefficient (Wildman–Crippen LogP) is 3.22. The second kappa shape index (κ2) is 5.02. The van der Waals surface area contributed by atoms with Crippen LogP contribution in [-0.2, 0) is 6.42 Å². The molecule has 0 amide bonds. The molecule has 1 aromatic heterocycles. The summed E-state index contributed by atoms with van der Waals surface area (Å²) in [5.74, 6) is 0. The molecule has 0 saturated heterocycles. The topological polar surface area (TPSA) is 43.8 Å². The van der Waals surface area contributed by atoms with Crippen LogP contribution in [0.4, 0.5) is 0 Å². The quantitative estimate of drug-likeness (QED) is 0.944. The molecule has 0 radical (unpaired) electrons. The molecular formula is C13H16BrN3. The number of benzene rings is 1. The number of hydrogen-bond donors (Lipinski definition) is 1. The first-order valence-corrected chi connectivity index (χ1v) is 6.49.